The fourth-order valence-electron chi connectivity index (χ4n) is 4.25. The summed E-state index contributed by atoms with van der Waals surface area (Å²) in [7, 11) is 1.93. The fraction of sp³-hybridized carbons (Fsp3) is 0.143. The van der Waals surface area contributed by atoms with Gasteiger partial charge < -0.3 is 15.3 Å². The topological polar surface area (TPSA) is 100 Å². The minimum absolute atomic E-state index is 0.116. The number of carbonyl (C=O) groups is 2. The first-order chi connectivity index (χ1) is 17.3. The summed E-state index contributed by atoms with van der Waals surface area (Å²) in [5.74, 6) is -0.546. The van der Waals surface area contributed by atoms with Crippen LogP contribution in [0.25, 0.3) is 22.8 Å². The standard InChI is InChI=1S/C28H25N5O3/c1-17-12-20(27(35)25(13-17)33-30-23-6-4-5-7-24(23)31-33)16-32(3)21-10-8-19(9-11-21)15-22-26(34)14-18(2)29-28(22)36/h4-13,15,35H,2,14,16H2,1,3H3,(H,29,36)/b22-15+. The van der Waals surface area contributed by atoms with Crippen molar-refractivity contribution in [3.63, 3.8) is 0 Å². The predicted octanol–water partition coefficient (Wildman–Crippen LogP) is 4.06. The number of nitrogens with zero attached hydrogens (tertiary/aromatic N) is 4. The molecule has 0 saturated carbocycles. The SMILES string of the molecule is C=C1CC(=O)/C(=C\c2ccc(N(C)Cc3cc(C)cc(-n4nc5ccccc5n4)c3O)cc2)C(=O)N1. The highest BCUT2D eigenvalue weighted by molar-refractivity contribution is 6.25. The largest absolute Gasteiger partial charge is 0.505 e. The lowest BCUT2D eigenvalue weighted by Gasteiger charge is -2.21. The predicted molar refractivity (Wildman–Crippen MR) is 139 cm³/mol. The Morgan fingerprint density at radius 3 is 2.39 bits per heavy atom. The third-order valence-corrected chi connectivity index (χ3v) is 6.08. The van der Waals surface area contributed by atoms with Crippen molar-refractivity contribution in [1.82, 2.24) is 20.3 Å². The molecule has 8 heteroatoms. The van der Waals surface area contributed by atoms with Gasteiger partial charge in [-0.3, -0.25) is 9.59 Å². The molecule has 1 fully saturated rings. The van der Waals surface area contributed by atoms with Crippen molar-refractivity contribution >= 4 is 34.5 Å². The third-order valence-electron chi connectivity index (χ3n) is 6.08. The van der Waals surface area contributed by atoms with Gasteiger partial charge in [0.2, 0.25) is 0 Å². The summed E-state index contributed by atoms with van der Waals surface area (Å²) in [6, 6.07) is 18.9. The number of allylic oxidation sites excluding steroid dienone is 1. The number of fused-ring (bicyclic) bond motifs is 1. The second kappa shape index (κ2) is 9.14. The lowest BCUT2D eigenvalue weighted by molar-refractivity contribution is -0.123. The minimum Gasteiger partial charge on any atom is -0.505 e. The molecule has 180 valence electrons. The molecule has 0 unspecified atom stereocenters. The lowest BCUT2D eigenvalue weighted by Crippen LogP contribution is -2.34. The fourth-order valence-corrected chi connectivity index (χ4v) is 4.25. The zero-order valence-electron chi connectivity index (χ0n) is 20.0. The van der Waals surface area contributed by atoms with Gasteiger partial charge in [0.1, 0.15) is 22.5 Å². The van der Waals surface area contributed by atoms with Gasteiger partial charge in [0.15, 0.2) is 5.78 Å². The molecule has 0 spiro atoms. The number of ketones is 1. The Hall–Kier alpha value is -4.72. The maximum absolute atomic E-state index is 12.2. The number of amides is 1. The summed E-state index contributed by atoms with van der Waals surface area (Å²) in [5.41, 5.74) is 5.95. The van der Waals surface area contributed by atoms with E-state index in [1.807, 2.05) is 79.5 Å². The highest BCUT2D eigenvalue weighted by atomic mass is 16.3. The Kier molecular flexibility index (Phi) is 5.85. The van der Waals surface area contributed by atoms with Crippen LogP contribution in [0.3, 0.4) is 0 Å². The van der Waals surface area contributed by atoms with Gasteiger partial charge in [0.05, 0.1) is 12.0 Å². The maximum atomic E-state index is 12.2. The van der Waals surface area contributed by atoms with Gasteiger partial charge in [-0.15, -0.1) is 15.0 Å². The smallest absolute Gasteiger partial charge is 0.259 e. The molecule has 5 rings (SSSR count). The third kappa shape index (κ3) is 4.48. The van der Waals surface area contributed by atoms with E-state index in [1.165, 1.54) is 4.80 Å². The number of aromatic hydroxyl groups is 1. The first kappa shape index (κ1) is 23.0. The Bertz CT molecular complexity index is 1490. The second-order valence-electron chi connectivity index (χ2n) is 8.93. The first-order valence-electron chi connectivity index (χ1n) is 11.5. The summed E-state index contributed by atoms with van der Waals surface area (Å²) in [6.45, 7) is 6.07. The van der Waals surface area contributed by atoms with Crippen LogP contribution in [0.15, 0.2) is 78.5 Å². The van der Waals surface area contributed by atoms with Crippen LogP contribution in [-0.4, -0.2) is 38.8 Å². The van der Waals surface area contributed by atoms with Gasteiger partial charge in [-0.25, -0.2) is 0 Å². The first-order valence-corrected chi connectivity index (χ1v) is 11.5. The van der Waals surface area contributed by atoms with Crippen LogP contribution < -0.4 is 10.2 Å². The number of hydrogen-bond acceptors (Lipinski definition) is 6. The number of hydrogen-bond donors (Lipinski definition) is 2. The van der Waals surface area contributed by atoms with Crippen molar-refractivity contribution in [3.05, 3.63) is 95.2 Å². The monoisotopic (exact) mass is 479 g/mol. The highest BCUT2D eigenvalue weighted by Gasteiger charge is 2.25. The molecule has 4 aromatic rings. The highest BCUT2D eigenvalue weighted by Crippen LogP contribution is 2.30. The van der Waals surface area contributed by atoms with Crippen LogP contribution in [0.5, 0.6) is 5.75 Å². The van der Waals surface area contributed by atoms with Crippen molar-refractivity contribution in [2.45, 2.75) is 19.9 Å². The van der Waals surface area contributed by atoms with Crippen molar-refractivity contribution in [1.29, 1.82) is 0 Å². The van der Waals surface area contributed by atoms with Gasteiger partial charge >= 0.3 is 0 Å². The van der Waals surface area contributed by atoms with Crippen LogP contribution in [0.4, 0.5) is 5.69 Å². The Morgan fingerprint density at radius 1 is 1.08 bits per heavy atom. The molecule has 0 radical (unpaired) electrons. The summed E-state index contributed by atoms with van der Waals surface area (Å²) in [6.07, 6.45) is 1.71. The van der Waals surface area contributed by atoms with E-state index < -0.39 is 5.91 Å². The summed E-state index contributed by atoms with van der Waals surface area (Å²) in [4.78, 5) is 27.8. The maximum Gasteiger partial charge on any atom is 0.259 e. The van der Waals surface area contributed by atoms with E-state index in [0.717, 1.165) is 33.4 Å². The Morgan fingerprint density at radius 2 is 1.75 bits per heavy atom. The normalized spacial score (nSPS) is 14.9. The molecular formula is C28H25N5O3. The molecule has 2 heterocycles. The molecule has 0 aliphatic carbocycles. The molecule has 1 aliphatic heterocycles. The van der Waals surface area contributed by atoms with Gasteiger partial charge in [0.25, 0.3) is 5.91 Å². The van der Waals surface area contributed by atoms with Crippen molar-refractivity contribution in [3.8, 4) is 11.4 Å². The zero-order chi connectivity index (χ0) is 25.4. The van der Waals surface area contributed by atoms with E-state index in [-0.39, 0.29) is 23.5 Å². The van der Waals surface area contributed by atoms with E-state index >= 15 is 0 Å². The molecule has 0 atom stereocenters. The average Bonchev–Trinajstić information content (AvgIpc) is 3.28. The van der Waals surface area contributed by atoms with Crippen LogP contribution in [0.1, 0.15) is 23.1 Å². The molecule has 0 bridgehead atoms. The molecule has 1 aromatic heterocycles. The van der Waals surface area contributed by atoms with Crippen LogP contribution in [0, 0.1) is 6.92 Å². The molecule has 2 N–H and O–H groups in total. The molecule has 3 aromatic carbocycles. The summed E-state index contributed by atoms with van der Waals surface area (Å²) >= 11 is 0. The van der Waals surface area contributed by atoms with Crippen molar-refractivity contribution < 1.29 is 14.7 Å². The molecule has 36 heavy (non-hydrogen) atoms. The number of phenolic OH excluding ortho intramolecular Hbond substituents is 1. The van der Waals surface area contributed by atoms with Crippen LogP contribution in [-0.2, 0) is 16.1 Å². The van der Waals surface area contributed by atoms with Gasteiger partial charge in [-0.1, -0.05) is 36.9 Å². The molecule has 1 aliphatic rings. The average molecular weight is 480 g/mol. The number of aromatic nitrogens is 3. The number of Topliss-reactive ketones (excluding diaryl/α,β-unsaturated/α-hetero) is 1. The summed E-state index contributed by atoms with van der Waals surface area (Å²) in [5, 5.41) is 22.7. The zero-order valence-corrected chi connectivity index (χ0v) is 20.0. The van der Waals surface area contributed by atoms with Crippen LogP contribution in [0.2, 0.25) is 0 Å². The number of aryl methyl sites for hydroxylation is 1. The number of piperidine rings is 1. The lowest BCUT2D eigenvalue weighted by atomic mass is 9.99. The van der Waals surface area contributed by atoms with E-state index in [2.05, 4.69) is 22.1 Å². The molecule has 1 amide bonds. The van der Waals surface area contributed by atoms with Gasteiger partial charge in [-0.2, -0.15) is 0 Å². The van der Waals surface area contributed by atoms with Gasteiger partial charge in [-0.05, 0) is 54.5 Å². The minimum atomic E-state index is -0.428. The van der Waals surface area contributed by atoms with Crippen LogP contribution >= 0.6 is 0 Å². The van der Waals surface area contributed by atoms with Gasteiger partial charge in [0, 0.05) is 30.5 Å². The molecular weight excluding hydrogens is 454 g/mol. The second-order valence-corrected chi connectivity index (χ2v) is 8.93. The number of benzene rings is 3. The number of nitrogens with one attached hydrogen (secondary N) is 1. The molecule has 8 nitrogen and oxygen atoms in total. The van der Waals surface area contributed by atoms with E-state index in [4.69, 9.17) is 0 Å². The van der Waals surface area contributed by atoms with E-state index in [9.17, 15) is 14.7 Å². The number of rotatable bonds is 5. The molecule has 1 saturated heterocycles. The van der Waals surface area contributed by atoms with Crippen molar-refractivity contribution in [2.24, 2.45) is 0 Å². The van der Waals surface area contributed by atoms with Crippen molar-refractivity contribution in [2.75, 3.05) is 11.9 Å². The quantitative estimate of drug-likeness (QED) is 0.331. The number of phenols is 1. The van der Waals surface area contributed by atoms with E-state index in [1.54, 1.807) is 6.08 Å². The van der Waals surface area contributed by atoms with E-state index in [0.29, 0.717) is 17.9 Å². The Labute approximate surface area is 208 Å². The summed E-state index contributed by atoms with van der Waals surface area (Å²) < 4.78 is 0. The number of carbonyl (C=O) groups excluding carboxylic acids is 2. The Balaban J connectivity index is 1.37. The number of anilines is 1.